The number of halogens is 2. The zero-order valence-corrected chi connectivity index (χ0v) is 24.1. The Labute approximate surface area is 238 Å². The maximum absolute atomic E-state index is 12.5. The molecule has 1 aliphatic heterocycles. The summed E-state index contributed by atoms with van der Waals surface area (Å²) >= 11 is 0. The minimum atomic E-state index is -2.91. The van der Waals surface area contributed by atoms with Crippen LogP contribution < -0.4 is 20.9 Å². The highest BCUT2D eigenvalue weighted by molar-refractivity contribution is 5.78. The summed E-state index contributed by atoms with van der Waals surface area (Å²) in [5.74, 6) is 1.42. The van der Waals surface area contributed by atoms with E-state index < -0.39 is 12.7 Å². The van der Waals surface area contributed by atoms with Crippen molar-refractivity contribution in [2.45, 2.75) is 65.7 Å². The van der Waals surface area contributed by atoms with E-state index in [1.807, 2.05) is 13.8 Å². The molecule has 1 saturated heterocycles. The molecular formula is C27H40F2N4O8. The highest BCUT2D eigenvalue weighted by Gasteiger charge is 2.30. The molecule has 14 heteroatoms. The second kappa shape index (κ2) is 18.4. The first kappa shape index (κ1) is 35.1. The number of methoxy groups -OCH3 is 2. The first-order valence-corrected chi connectivity index (χ1v) is 13.1. The van der Waals surface area contributed by atoms with Crippen LogP contribution in [0.25, 0.3) is 11.5 Å². The van der Waals surface area contributed by atoms with Gasteiger partial charge >= 0.3 is 18.7 Å². The molecule has 2 aliphatic rings. The lowest BCUT2D eigenvalue weighted by Crippen LogP contribution is -2.35. The van der Waals surface area contributed by atoms with Crippen LogP contribution in [0.1, 0.15) is 51.0 Å². The number of carbonyl (C=O) groups is 3. The Balaban J connectivity index is 0.000000388. The number of nitrogens with two attached hydrogens (primary N) is 2. The van der Waals surface area contributed by atoms with Gasteiger partial charge in [-0.3, -0.25) is 4.79 Å². The number of oxazole rings is 1. The molecule has 1 aromatic carbocycles. The quantitative estimate of drug-likeness (QED) is 0.323. The van der Waals surface area contributed by atoms with Crippen LogP contribution in [0.3, 0.4) is 0 Å². The minimum absolute atomic E-state index is 0.00623. The third-order valence-corrected chi connectivity index (χ3v) is 5.76. The van der Waals surface area contributed by atoms with E-state index in [0.29, 0.717) is 48.4 Å². The predicted molar refractivity (Wildman–Crippen MR) is 145 cm³/mol. The van der Waals surface area contributed by atoms with Crippen molar-refractivity contribution < 1.29 is 46.5 Å². The fourth-order valence-electron chi connectivity index (χ4n) is 3.48. The number of benzene rings is 1. The summed E-state index contributed by atoms with van der Waals surface area (Å²) < 4.78 is 49.2. The number of hydrogen-bond donors (Lipinski definition) is 2. The van der Waals surface area contributed by atoms with Gasteiger partial charge in [-0.2, -0.15) is 8.78 Å². The van der Waals surface area contributed by atoms with Gasteiger partial charge in [0.15, 0.2) is 11.5 Å². The van der Waals surface area contributed by atoms with Gasteiger partial charge in [0.2, 0.25) is 12.3 Å². The lowest BCUT2D eigenvalue weighted by molar-refractivity contribution is -0.148. The normalized spacial score (nSPS) is 15.2. The lowest BCUT2D eigenvalue weighted by atomic mass is 10.2. The van der Waals surface area contributed by atoms with Gasteiger partial charge in [-0.15, -0.1) is 0 Å². The molecule has 1 aromatic heterocycles. The second-order valence-corrected chi connectivity index (χ2v) is 8.57. The first-order valence-electron chi connectivity index (χ1n) is 13.1. The Morgan fingerprint density at radius 3 is 2.32 bits per heavy atom. The maximum Gasteiger partial charge on any atom is 0.404 e. The number of amides is 2. The zero-order valence-electron chi connectivity index (χ0n) is 24.1. The van der Waals surface area contributed by atoms with Gasteiger partial charge in [0.1, 0.15) is 11.8 Å². The van der Waals surface area contributed by atoms with Gasteiger partial charge in [0, 0.05) is 12.1 Å². The second-order valence-electron chi connectivity index (χ2n) is 8.57. The number of aromatic nitrogens is 1. The maximum atomic E-state index is 12.5. The molecule has 2 amide bonds. The van der Waals surface area contributed by atoms with Gasteiger partial charge in [-0.1, -0.05) is 13.8 Å². The monoisotopic (exact) mass is 586 g/mol. The fraction of sp³-hybridized carbons (Fsp3) is 0.556. The molecule has 4 N–H and O–H groups in total. The minimum Gasteiger partial charge on any atom is -0.489 e. The highest BCUT2D eigenvalue weighted by atomic mass is 19.3. The van der Waals surface area contributed by atoms with Crippen LogP contribution in [0, 0.1) is 12.8 Å². The van der Waals surface area contributed by atoms with Gasteiger partial charge in [0.25, 0.3) is 0 Å². The van der Waals surface area contributed by atoms with E-state index in [0.717, 1.165) is 25.7 Å². The Hall–Kier alpha value is -3.94. The van der Waals surface area contributed by atoms with Crippen molar-refractivity contribution in [1.29, 1.82) is 0 Å². The van der Waals surface area contributed by atoms with Crippen LogP contribution in [0.2, 0.25) is 0 Å². The van der Waals surface area contributed by atoms with Crippen LogP contribution in [-0.2, 0) is 25.6 Å². The molecule has 2 aromatic rings. The van der Waals surface area contributed by atoms with Crippen molar-refractivity contribution in [2.75, 3.05) is 27.4 Å². The number of carbonyl (C=O) groups excluding carboxylic acids is 3. The van der Waals surface area contributed by atoms with E-state index in [-0.39, 0.29) is 30.1 Å². The van der Waals surface area contributed by atoms with Crippen molar-refractivity contribution in [3.8, 4) is 23.0 Å². The van der Waals surface area contributed by atoms with Crippen LogP contribution >= 0.6 is 0 Å². The molecule has 0 radical (unpaired) electrons. The molecule has 2 heterocycles. The van der Waals surface area contributed by atoms with Gasteiger partial charge in [-0.25, -0.2) is 14.6 Å². The Bertz CT molecular complexity index is 1100. The molecule has 2 fully saturated rings. The van der Waals surface area contributed by atoms with Crippen molar-refractivity contribution in [3.05, 3.63) is 29.7 Å². The van der Waals surface area contributed by atoms with Crippen LogP contribution in [0.5, 0.6) is 11.5 Å². The van der Waals surface area contributed by atoms with Crippen LogP contribution in [0.15, 0.2) is 22.6 Å². The topological polar surface area (TPSA) is 169 Å². The van der Waals surface area contributed by atoms with E-state index in [1.165, 1.54) is 25.2 Å². The molecule has 1 aliphatic carbocycles. The van der Waals surface area contributed by atoms with E-state index in [9.17, 15) is 23.2 Å². The number of likely N-dealkylation sites (tertiary alicyclic amines) is 1. The third kappa shape index (κ3) is 12.0. The van der Waals surface area contributed by atoms with Crippen molar-refractivity contribution in [2.24, 2.45) is 17.4 Å². The summed E-state index contributed by atoms with van der Waals surface area (Å²) in [5, 5.41) is 0. The molecule has 1 saturated carbocycles. The molecule has 0 spiro atoms. The number of ether oxygens (including phenoxy) is 4. The SMILES string of the molecule is CC.COC(=O)C1CCCN1C=O.COC(N)=O.Cc1nc(-c2ccc(OC(F)F)c(OCC3CC3)c2)oc1CN. The van der Waals surface area contributed by atoms with E-state index in [2.05, 4.69) is 24.9 Å². The third-order valence-electron chi connectivity index (χ3n) is 5.76. The summed E-state index contributed by atoms with van der Waals surface area (Å²) in [6.07, 6.45) is 3.77. The predicted octanol–water partition coefficient (Wildman–Crippen LogP) is 4.02. The Kier molecular flexibility index (Phi) is 15.8. The number of hydrogen-bond acceptors (Lipinski definition) is 10. The van der Waals surface area contributed by atoms with Gasteiger partial charge in [-0.05, 0) is 56.7 Å². The number of rotatable bonds is 9. The average molecular weight is 587 g/mol. The molecule has 1 unspecified atom stereocenters. The van der Waals surface area contributed by atoms with Crippen LogP contribution in [-0.4, -0.2) is 68.4 Å². The smallest absolute Gasteiger partial charge is 0.404 e. The van der Waals surface area contributed by atoms with E-state index >= 15 is 0 Å². The van der Waals surface area contributed by atoms with Crippen LogP contribution in [0.4, 0.5) is 13.6 Å². The number of primary amides is 1. The highest BCUT2D eigenvalue weighted by Crippen LogP contribution is 2.36. The summed E-state index contributed by atoms with van der Waals surface area (Å²) in [5.41, 5.74) is 11.3. The molecule has 230 valence electrons. The van der Waals surface area contributed by atoms with Crippen molar-refractivity contribution >= 4 is 18.5 Å². The number of aryl methyl sites for hydroxylation is 1. The zero-order chi connectivity index (χ0) is 30.9. The average Bonchev–Trinajstić information content (AvgIpc) is 3.54. The number of esters is 1. The first-order chi connectivity index (χ1) is 19.6. The summed E-state index contributed by atoms with van der Waals surface area (Å²) in [6.45, 7) is 4.30. The largest absolute Gasteiger partial charge is 0.489 e. The molecule has 1 atom stereocenters. The van der Waals surface area contributed by atoms with Gasteiger partial charge in [0.05, 0.1) is 33.1 Å². The molecule has 4 rings (SSSR count). The Morgan fingerprint density at radius 2 is 1.83 bits per heavy atom. The molecule has 12 nitrogen and oxygen atoms in total. The summed E-state index contributed by atoms with van der Waals surface area (Å²) in [7, 11) is 2.56. The van der Waals surface area contributed by atoms with E-state index in [1.54, 1.807) is 19.1 Å². The fourth-order valence-corrected chi connectivity index (χ4v) is 3.48. The van der Waals surface area contributed by atoms with Gasteiger partial charge < -0.3 is 39.7 Å². The number of nitrogens with zero attached hydrogens (tertiary/aromatic N) is 2. The van der Waals surface area contributed by atoms with Crippen molar-refractivity contribution in [3.63, 3.8) is 0 Å². The Morgan fingerprint density at radius 1 is 1.17 bits per heavy atom. The molecule has 0 bridgehead atoms. The van der Waals surface area contributed by atoms with Crippen molar-refractivity contribution in [1.82, 2.24) is 9.88 Å². The molecule has 41 heavy (non-hydrogen) atoms. The standard InChI is InChI=1S/C16H18F2N2O3.C7H11NO3.C2H5NO2.C2H6/c1-9-14(7-19)22-15(20-9)11-4-5-12(23-16(17)18)13(6-11)21-8-10-2-3-10;1-11-7(10)6-3-2-4-8(6)5-9;1-5-2(3)4;1-2/h4-6,10,16H,2-3,7-8,19H2,1H3;5-6H,2-4H2,1H3;1H3,(H2,3,4);1-2H3. The lowest BCUT2D eigenvalue weighted by Gasteiger charge is -2.16. The summed E-state index contributed by atoms with van der Waals surface area (Å²) in [6, 6.07) is 4.31. The summed E-state index contributed by atoms with van der Waals surface area (Å²) in [4.78, 5) is 36.5. The number of alkyl halides is 2. The molecular weight excluding hydrogens is 546 g/mol. The van der Waals surface area contributed by atoms with E-state index in [4.69, 9.17) is 14.9 Å².